The molecule has 1 amide bonds. The van der Waals surface area contributed by atoms with E-state index in [0.29, 0.717) is 11.4 Å². The van der Waals surface area contributed by atoms with Gasteiger partial charge in [0.2, 0.25) is 5.91 Å². The Kier molecular flexibility index (Phi) is 6.32. The van der Waals surface area contributed by atoms with Crippen molar-refractivity contribution in [3.63, 3.8) is 0 Å². The first-order valence-corrected chi connectivity index (χ1v) is 13.0. The highest BCUT2D eigenvalue weighted by molar-refractivity contribution is 7.99. The molecule has 1 unspecified atom stereocenters. The van der Waals surface area contributed by atoms with E-state index < -0.39 is 0 Å². The molecule has 1 atom stereocenters. The van der Waals surface area contributed by atoms with Gasteiger partial charge in [0.1, 0.15) is 5.56 Å². The average molecular weight is 480 g/mol. The minimum atomic E-state index is -0.131. The van der Waals surface area contributed by atoms with Crippen LogP contribution in [0.15, 0.2) is 57.8 Å². The van der Waals surface area contributed by atoms with Gasteiger partial charge in [0.25, 0.3) is 5.56 Å². The number of fused-ring (bicyclic) bond motifs is 3. The van der Waals surface area contributed by atoms with Gasteiger partial charge < -0.3 is 9.88 Å². The zero-order valence-electron chi connectivity index (χ0n) is 18.4. The van der Waals surface area contributed by atoms with Crippen LogP contribution in [0.3, 0.4) is 0 Å². The van der Waals surface area contributed by atoms with Crippen LogP contribution in [0.25, 0.3) is 17.1 Å². The molecule has 0 aliphatic carbocycles. The lowest BCUT2D eigenvalue weighted by molar-refractivity contribution is -0.119. The number of carbonyl (C=O) groups excluding carboxylic acids is 1. The fourth-order valence-corrected chi connectivity index (χ4v) is 5.82. The van der Waals surface area contributed by atoms with Gasteiger partial charge in [-0.3, -0.25) is 9.59 Å². The van der Waals surface area contributed by atoms with Crippen molar-refractivity contribution in [1.29, 1.82) is 0 Å². The maximum Gasteiger partial charge on any atom is 0.284 e. The second-order valence-electron chi connectivity index (χ2n) is 8.15. The normalized spacial score (nSPS) is 14.6. The van der Waals surface area contributed by atoms with E-state index in [4.69, 9.17) is 4.98 Å². The number of hydrogen-bond donors (Lipinski definition) is 1. The number of aromatic nitrogens is 4. The van der Waals surface area contributed by atoms with Gasteiger partial charge in [-0.2, -0.15) is 4.68 Å². The zero-order valence-corrected chi connectivity index (χ0v) is 20.0. The van der Waals surface area contributed by atoms with Crippen molar-refractivity contribution in [2.45, 2.75) is 50.4 Å². The molecule has 4 heterocycles. The van der Waals surface area contributed by atoms with E-state index in [1.807, 2.05) is 54.8 Å². The van der Waals surface area contributed by atoms with Crippen molar-refractivity contribution in [2.24, 2.45) is 0 Å². The number of rotatable bonds is 6. The van der Waals surface area contributed by atoms with Crippen LogP contribution in [0.4, 0.5) is 0 Å². The third-order valence-corrected chi connectivity index (χ3v) is 7.88. The molecule has 0 bridgehead atoms. The maximum atomic E-state index is 13.3. The van der Waals surface area contributed by atoms with E-state index in [2.05, 4.69) is 15.0 Å². The first kappa shape index (κ1) is 21.9. The molecule has 0 fully saturated rings. The SMILES string of the molecule is CC(NC(=O)CSc1nc2nn(-c3ccccc3)c(=O)c-2c2n1CCCCC2)c1cccs1. The Morgan fingerprint density at radius 1 is 1.18 bits per heavy atom. The Hall–Kier alpha value is -2.91. The number of thioether (sulfide) groups is 1. The van der Waals surface area contributed by atoms with Crippen molar-refractivity contribution < 1.29 is 4.79 Å². The van der Waals surface area contributed by atoms with E-state index in [1.165, 1.54) is 16.4 Å². The van der Waals surface area contributed by atoms with Gasteiger partial charge in [0.05, 0.1) is 17.5 Å². The first-order chi connectivity index (χ1) is 16.1. The Bertz CT molecular complexity index is 1280. The van der Waals surface area contributed by atoms with Gasteiger partial charge in [-0.15, -0.1) is 16.4 Å². The summed E-state index contributed by atoms with van der Waals surface area (Å²) < 4.78 is 3.57. The van der Waals surface area contributed by atoms with Crippen LogP contribution in [0.2, 0.25) is 0 Å². The lowest BCUT2D eigenvalue weighted by atomic mass is 10.1. The van der Waals surface area contributed by atoms with Gasteiger partial charge in [0.15, 0.2) is 11.0 Å². The smallest absolute Gasteiger partial charge is 0.284 e. The number of nitrogens with one attached hydrogen (secondary N) is 1. The van der Waals surface area contributed by atoms with Gasteiger partial charge in [-0.05, 0) is 49.8 Å². The molecule has 3 aliphatic rings. The van der Waals surface area contributed by atoms with Crippen molar-refractivity contribution >= 4 is 29.0 Å². The Labute approximate surface area is 200 Å². The summed E-state index contributed by atoms with van der Waals surface area (Å²) in [6.45, 7) is 2.79. The van der Waals surface area contributed by atoms with Gasteiger partial charge in [0, 0.05) is 17.1 Å². The Balaban J connectivity index is 1.46. The predicted molar refractivity (Wildman–Crippen MR) is 131 cm³/mol. The minimum absolute atomic E-state index is 0.0251. The lowest BCUT2D eigenvalue weighted by Crippen LogP contribution is -2.28. The Morgan fingerprint density at radius 3 is 2.82 bits per heavy atom. The summed E-state index contributed by atoms with van der Waals surface area (Å²) >= 11 is 3.04. The maximum absolute atomic E-state index is 13.3. The van der Waals surface area contributed by atoms with E-state index in [-0.39, 0.29) is 23.3 Å². The average Bonchev–Trinajstić information content (AvgIpc) is 3.40. The molecule has 1 aromatic carbocycles. The summed E-state index contributed by atoms with van der Waals surface area (Å²) in [6.07, 6.45) is 3.97. The van der Waals surface area contributed by atoms with Crippen LogP contribution in [0.5, 0.6) is 0 Å². The van der Waals surface area contributed by atoms with Crippen LogP contribution in [-0.4, -0.2) is 31.0 Å². The fraction of sp³-hybridized carbons (Fsp3) is 0.333. The third kappa shape index (κ3) is 4.47. The molecule has 5 rings (SSSR count). The highest BCUT2D eigenvalue weighted by Crippen LogP contribution is 2.30. The van der Waals surface area contributed by atoms with Gasteiger partial charge in [-0.25, -0.2) is 4.98 Å². The van der Waals surface area contributed by atoms with E-state index in [1.54, 1.807) is 11.3 Å². The Morgan fingerprint density at radius 2 is 2.03 bits per heavy atom. The summed E-state index contributed by atoms with van der Waals surface area (Å²) in [7, 11) is 0. The number of benzene rings is 1. The van der Waals surface area contributed by atoms with E-state index in [9.17, 15) is 9.59 Å². The fourth-order valence-electron chi connectivity index (χ4n) is 4.23. The molecule has 3 aliphatic heterocycles. The number of amides is 1. The number of carbonyl (C=O) groups is 1. The highest BCUT2D eigenvalue weighted by Gasteiger charge is 2.27. The summed E-state index contributed by atoms with van der Waals surface area (Å²) in [4.78, 5) is 31.8. The van der Waals surface area contributed by atoms with Crippen molar-refractivity contribution in [3.05, 3.63) is 68.8 Å². The first-order valence-electron chi connectivity index (χ1n) is 11.2. The molecular formula is C24H25N5O2S2. The largest absolute Gasteiger partial charge is 0.348 e. The zero-order chi connectivity index (χ0) is 22.8. The third-order valence-electron chi connectivity index (χ3n) is 5.85. The van der Waals surface area contributed by atoms with Crippen molar-refractivity contribution in [2.75, 3.05) is 5.75 Å². The molecule has 0 radical (unpaired) electrons. The predicted octanol–water partition coefficient (Wildman–Crippen LogP) is 4.29. The molecule has 1 N–H and O–H groups in total. The van der Waals surface area contributed by atoms with E-state index in [0.717, 1.165) is 53.6 Å². The molecular weight excluding hydrogens is 454 g/mol. The topological polar surface area (TPSA) is 81.8 Å². The second kappa shape index (κ2) is 9.52. The molecule has 2 aromatic rings. The van der Waals surface area contributed by atoms with Crippen LogP contribution >= 0.6 is 23.1 Å². The number of para-hydroxylation sites is 1. The summed E-state index contributed by atoms with van der Waals surface area (Å²) in [5.41, 5.74) is 2.18. The van der Waals surface area contributed by atoms with Crippen LogP contribution in [0.1, 0.15) is 42.8 Å². The van der Waals surface area contributed by atoms with Crippen LogP contribution < -0.4 is 10.9 Å². The highest BCUT2D eigenvalue weighted by atomic mass is 32.2. The van der Waals surface area contributed by atoms with E-state index >= 15 is 0 Å². The summed E-state index contributed by atoms with van der Waals surface area (Å²) in [5.74, 6) is 0.675. The van der Waals surface area contributed by atoms with Crippen LogP contribution in [-0.2, 0) is 17.8 Å². The summed E-state index contributed by atoms with van der Waals surface area (Å²) in [5, 5.41) is 10.4. The number of nitrogens with zero attached hydrogens (tertiary/aromatic N) is 4. The van der Waals surface area contributed by atoms with Gasteiger partial charge in [-0.1, -0.05) is 42.4 Å². The molecule has 9 heteroatoms. The standard InChI is InChI=1S/C24H25N5O2S2/c1-16(19-12-8-14-32-19)25-20(30)15-33-24-26-22-21(18-11-6-3-7-13-28(18)24)23(31)29(27-22)17-9-4-2-5-10-17/h2,4-5,8-10,12,14,16H,3,6-7,11,13,15H2,1H3,(H,25,30). The van der Waals surface area contributed by atoms with Gasteiger partial charge >= 0.3 is 0 Å². The molecule has 33 heavy (non-hydrogen) atoms. The molecule has 7 nitrogen and oxygen atoms in total. The molecule has 0 saturated carbocycles. The quantitative estimate of drug-likeness (QED) is 0.330. The van der Waals surface area contributed by atoms with Crippen molar-refractivity contribution in [1.82, 2.24) is 24.6 Å². The number of thiophene rings is 1. The lowest BCUT2D eigenvalue weighted by Gasteiger charge is -2.18. The molecule has 1 aromatic heterocycles. The monoisotopic (exact) mass is 479 g/mol. The number of hydrogen-bond acceptors (Lipinski definition) is 6. The molecule has 0 spiro atoms. The minimum Gasteiger partial charge on any atom is -0.348 e. The second-order valence-corrected chi connectivity index (χ2v) is 10.1. The van der Waals surface area contributed by atoms with Crippen LogP contribution in [0, 0.1) is 0 Å². The summed E-state index contributed by atoms with van der Waals surface area (Å²) in [6, 6.07) is 13.4. The molecule has 0 saturated heterocycles. The molecule has 170 valence electrons. The van der Waals surface area contributed by atoms with Crippen molar-refractivity contribution in [3.8, 4) is 17.1 Å².